The van der Waals surface area contributed by atoms with Crippen molar-refractivity contribution < 1.29 is 13.6 Å². The summed E-state index contributed by atoms with van der Waals surface area (Å²) in [6.45, 7) is 0.472. The molecule has 1 atom stereocenters. The molecule has 1 aliphatic rings. The minimum Gasteiger partial charge on any atom is -0.350 e. The van der Waals surface area contributed by atoms with Gasteiger partial charge in [0.05, 0.1) is 6.54 Å². The lowest BCUT2D eigenvalue weighted by Crippen LogP contribution is -2.36. The lowest BCUT2D eigenvalue weighted by atomic mass is 10.0. The predicted octanol–water partition coefficient (Wildman–Crippen LogP) is 1.29. The van der Waals surface area contributed by atoms with Crippen LogP contribution in [0.5, 0.6) is 0 Å². The molecule has 1 rings (SSSR count). The van der Waals surface area contributed by atoms with Gasteiger partial charge in [-0.1, -0.05) is 6.42 Å². The summed E-state index contributed by atoms with van der Waals surface area (Å²) in [4.78, 5) is 11.1. The Hall–Kier alpha value is -0.710. The summed E-state index contributed by atoms with van der Waals surface area (Å²) in [5, 5.41) is 5.52. The standard InChI is InChI=1S/C10H18F2N2O/c11-9(12)7-14-10(15)5-4-8-3-1-2-6-13-8/h8-9,13H,1-7H2,(H,14,15). The van der Waals surface area contributed by atoms with Crippen LogP contribution < -0.4 is 10.6 Å². The highest BCUT2D eigenvalue weighted by Crippen LogP contribution is 2.11. The summed E-state index contributed by atoms with van der Waals surface area (Å²) in [6, 6.07) is 0.385. The summed E-state index contributed by atoms with van der Waals surface area (Å²) >= 11 is 0. The van der Waals surface area contributed by atoms with Crippen LogP contribution in [0.3, 0.4) is 0 Å². The zero-order valence-electron chi connectivity index (χ0n) is 8.77. The van der Waals surface area contributed by atoms with Crippen molar-refractivity contribution in [2.75, 3.05) is 13.1 Å². The Balaban J connectivity index is 2.05. The van der Waals surface area contributed by atoms with Crippen LogP contribution in [-0.4, -0.2) is 31.5 Å². The zero-order chi connectivity index (χ0) is 11.1. The van der Waals surface area contributed by atoms with E-state index in [-0.39, 0.29) is 5.91 Å². The second-order valence-corrected chi connectivity index (χ2v) is 3.88. The predicted molar refractivity (Wildman–Crippen MR) is 53.9 cm³/mol. The third-order valence-electron chi connectivity index (χ3n) is 2.59. The van der Waals surface area contributed by atoms with E-state index in [2.05, 4.69) is 10.6 Å². The van der Waals surface area contributed by atoms with Crippen molar-refractivity contribution in [2.24, 2.45) is 0 Å². The van der Waals surface area contributed by atoms with Crippen LogP contribution in [0.25, 0.3) is 0 Å². The van der Waals surface area contributed by atoms with E-state index in [1.54, 1.807) is 0 Å². The van der Waals surface area contributed by atoms with Gasteiger partial charge in [-0.2, -0.15) is 0 Å². The molecule has 0 radical (unpaired) electrons. The van der Waals surface area contributed by atoms with E-state index < -0.39 is 13.0 Å². The van der Waals surface area contributed by atoms with Gasteiger partial charge in [-0.25, -0.2) is 8.78 Å². The number of rotatable bonds is 5. The number of hydrogen-bond acceptors (Lipinski definition) is 2. The molecule has 1 fully saturated rings. The number of alkyl halides is 2. The third-order valence-corrected chi connectivity index (χ3v) is 2.59. The number of piperidine rings is 1. The molecule has 1 aliphatic heterocycles. The molecule has 1 saturated heterocycles. The minimum atomic E-state index is -2.46. The van der Waals surface area contributed by atoms with Gasteiger partial charge in [0, 0.05) is 12.5 Å². The summed E-state index contributed by atoms with van der Waals surface area (Å²) in [7, 11) is 0. The van der Waals surface area contributed by atoms with Crippen molar-refractivity contribution >= 4 is 5.91 Å². The molecule has 5 heteroatoms. The van der Waals surface area contributed by atoms with Gasteiger partial charge in [-0.15, -0.1) is 0 Å². The molecule has 0 aliphatic carbocycles. The Kier molecular flexibility index (Phi) is 5.53. The molecule has 3 nitrogen and oxygen atoms in total. The van der Waals surface area contributed by atoms with Gasteiger partial charge < -0.3 is 10.6 Å². The Morgan fingerprint density at radius 1 is 1.47 bits per heavy atom. The number of amides is 1. The Morgan fingerprint density at radius 2 is 2.27 bits per heavy atom. The van der Waals surface area contributed by atoms with Crippen molar-refractivity contribution in [3.8, 4) is 0 Å². The van der Waals surface area contributed by atoms with Crippen LogP contribution in [-0.2, 0) is 4.79 Å². The van der Waals surface area contributed by atoms with E-state index >= 15 is 0 Å². The normalized spacial score (nSPS) is 21.7. The van der Waals surface area contributed by atoms with Crippen molar-refractivity contribution in [3.05, 3.63) is 0 Å². The second kappa shape index (κ2) is 6.71. The van der Waals surface area contributed by atoms with Crippen molar-refractivity contribution in [1.29, 1.82) is 0 Å². The van der Waals surface area contributed by atoms with Crippen LogP contribution in [0.4, 0.5) is 8.78 Å². The molecular weight excluding hydrogens is 202 g/mol. The maximum atomic E-state index is 11.8. The van der Waals surface area contributed by atoms with Gasteiger partial charge in [-0.05, 0) is 25.8 Å². The van der Waals surface area contributed by atoms with Crippen molar-refractivity contribution in [2.45, 2.75) is 44.6 Å². The molecule has 88 valence electrons. The summed E-state index contributed by atoms with van der Waals surface area (Å²) in [5.41, 5.74) is 0. The first-order chi connectivity index (χ1) is 7.18. The molecule has 0 aromatic heterocycles. The number of nitrogens with one attached hydrogen (secondary N) is 2. The van der Waals surface area contributed by atoms with Gasteiger partial charge in [0.1, 0.15) is 0 Å². The summed E-state index contributed by atoms with van der Waals surface area (Å²) in [6.07, 6.45) is 2.09. The van der Waals surface area contributed by atoms with Gasteiger partial charge in [0.15, 0.2) is 0 Å². The maximum absolute atomic E-state index is 11.8. The average molecular weight is 220 g/mol. The Bertz CT molecular complexity index is 194. The lowest BCUT2D eigenvalue weighted by Gasteiger charge is -2.22. The number of carbonyl (C=O) groups excluding carboxylic acids is 1. The first-order valence-electron chi connectivity index (χ1n) is 5.46. The van der Waals surface area contributed by atoms with Crippen molar-refractivity contribution in [3.63, 3.8) is 0 Å². The van der Waals surface area contributed by atoms with E-state index in [9.17, 15) is 13.6 Å². The summed E-state index contributed by atoms with van der Waals surface area (Å²) in [5.74, 6) is -0.275. The monoisotopic (exact) mass is 220 g/mol. The quantitative estimate of drug-likeness (QED) is 0.733. The van der Waals surface area contributed by atoms with Crippen LogP contribution >= 0.6 is 0 Å². The molecule has 0 bridgehead atoms. The van der Waals surface area contributed by atoms with Gasteiger partial charge in [-0.3, -0.25) is 4.79 Å². The molecule has 1 amide bonds. The Morgan fingerprint density at radius 3 is 2.87 bits per heavy atom. The van der Waals surface area contributed by atoms with Crippen LogP contribution in [0, 0.1) is 0 Å². The van der Waals surface area contributed by atoms with Crippen LogP contribution in [0.15, 0.2) is 0 Å². The minimum absolute atomic E-state index is 0.275. The van der Waals surface area contributed by atoms with E-state index in [4.69, 9.17) is 0 Å². The zero-order valence-corrected chi connectivity index (χ0v) is 8.77. The highest BCUT2D eigenvalue weighted by molar-refractivity contribution is 5.75. The number of halogens is 2. The fraction of sp³-hybridized carbons (Fsp3) is 0.900. The first kappa shape index (κ1) is 12.4. The van der Waals surface area contributed by atoms with Crippen LogP contribution in [0.2, 0.25) is 0 Å². The molecular formula is C10H18F2N2O. The molecule has 0 saturated carbocycles. The fourth-order valence-corrected chi connectivity index (χ4v) is 1.76. The van der Waals surface area contributed by atoms with Crippen molar-refractivity contribution in [1.82, 2.24) is 10.6 Å². The highest BCUT2D eigenvalue weighted by Gasteiger charge is 2.14. The molecule has 15 heavy (non-hydrogen) atoms. The smallest absolute Gasteiger partial charge is 0.255 e. The molecule has 1 unspecified atom stereocenters. The number of carbonyl (C=O) groups is 1. The first-order valence-corrected chi connectivity index (χ1v) is 5.46. The largest absolute Gasteiger partial charge is 0.350 e. The van der Waals surface area contributed by atoms with E-state index in [0.717, 1.165) is 19.4 Å². The average Bonchev–Trinajstić information content (AvgIpc) is 2.25. The third kappa shape index (κ3) is 5.67. The van der Waals surface area contributed by atoms with Gasteiger partial charge >= 0.3 is 0 Å². The second-order valence-electron chi connectivity index (χ2n) is 3.88. The topological polar surface area (TPSA) is 41.1 Å². The molecule has 1 heterocycles. The number of hydrogen-bond donors (Lipinski definition) is 2. The van der Waals surface area contributed by atoms with E-state index in [1.165, 1.54) is 12.8 Å². The van der Waals surface area contributed by atoms with E-state index in [0.29, 0.717) is 12.5 Å². The summed E-state index contributed by atoms with van der Waals surface area (Å²) < 4.78 is 23.5. The Labute approximate surface area is 88.6 Å². The highest BCUT2D eigenvalue weighted by atomic mass is 19.3. The maximum Gasteiger partial charge on any atom is 0.255 e. The molecule has 0 aromatic carbocycles. The van der Waals surface area contributed by atoms with E-state index in [1.807, 2.05) is 0 Å². The fourth-order valence-electron chi connectivity index (χ4n) is 1.76. The SMILES string of the molecule is O=C(CCC1CCCCN1)NCC(F)F. The molecule has 0 aromatic rings. The molecule has 2 N–H and O–H groups in total. The van der Waals surface area contributed by atoms with Crippen LogP contribution in [0.1, 0.15) is 32.1 Å². The van der Waals surface area contributed by atoms with Gasteiger partial charge in [0.2, 0.25) is 5.91 Å². The van der Waals surface area contributed by atoms with Gasteiger partial charge in [0.25, 0.3) is 6.43 Å². The lowest BCUT2D eigenvalue weighted by molar-refractivity contribution is -0.121. The molecule has 0 spiro atoms.